The fraction of sp³-hybridized carbons (Fsp3) is 0.267. The van der Waals surface area contributed by atoms with Crippen LogP contribution in [0.3, 0.4) is 0 Å². The van der Waals surface area contributed by atoms with Gasteiger partial charge in [0.25, 0.3) is 5.56 Å². The zero-order chi connectivity index (χ0) is 15.2. The van der Waals surface area contributed by atoms with E-state index in [1.165, 1.54) is 10.7 Å². The first-order chi connectivity index (χ1) is 10.2. The summed E-state index contributed by atoms with van der Waals surface area (Å²) in [6.45, 7) is 0.636. The van der Waals surface area contributed by atoms with Crippen molar-refractivity contribution in [3.05, 3.63) is 46.2 Å². The van der Waals surface area contributed by atoms with Crippen LogP contribution in [0, 0.1) is 0 Å². The number of benzene rings is 1. The van der Waals surface area contributed by atoms with Crippen molar-refractivity contribution in [3.8, 4) is 17.0 Å². The highest BCUT2D eigenvalue weighted by molar-refractivity contribution is 5.76. The molecule has 0 radical (unpaired) electrons. The second kappa shape index (κ2) is 6.81. The summed E-state index contributed by atoms with van der Waals surface area (Å²) in [5.41, 5.74) is 1.01. The number of ether oxygens (including phenoxy) is 2. The van der Waals surface area contributed by atoms with E-state index in [1.807, 2.05) is 12.1 Å². The van der Waals surface area contributed by atoms with Gasteiger partial charge in [-0.25, -0.2) is 4.68 Å². The number of nitrogens with zero attached hydrogens (tertiary/aromatic N) is 2. The third-order valence-electron chi connectivity index (χ3n) is 3.02. The van der Waals surface area contributed by atoms with Crippen molar-refractivity contribution in [1.29, 1.82) is 0 Å². The molecule has 0 aliphatic carbocycles. The highest BCUT2D eigenvalue weighted by atomic mass is 16.5. The monoisotopic (exact) mass is 288 g/mol. The first-order valence-corrected chi connectivity index (χ1v) is 6.40. The van der Waals surface area contributed by atoms with Gasteiger partial charge in [0.15, 0.2) is 6.29 Å². The second-order valence-electron chi connectivity index (χ2n) is 4.35. The Bertz CT molecular complexity index is 677. The fourth-order valence-corrected chi connectivity index (χ4v) is 1.88. The molecule has 0 aliphatic rings. The molecule has 0 spiro atoms. The molecule has 1 aromatic carbocycles. The van der Waals surface area contributed by atoms with Gasteiger partial charge in [-0.1, -0.05) is 0 Å². The van der Waals surface area contributed by atoms with Crippen LogP contribution in [0.4, 0.5) is 0 Å². The fourth-order valence-electron chi connectivity index (χ4n) is 1.88. The lowest BCUT2D eigenvalue weighted by molar-refractivity contribution is 0.112. The normalized spacial score (nSPS) is 10.4. The Morgan fingerprint density at radius 2 is 1.95 bits per heavy atom. The number of aromatic nitrogens is 2. The standard InChI is InChI=1S/C15H16N2O4/c1-20-8-7-17-15(19)12(10-18)9-14(16-17)11-3-5-13(21-2)6-4-11/h3-6,9-10H,7-8H2,1-2H3. The molecule has 0 aliphatic heterocycles. The number of aldehydes is 1. The third kappa shape index (κ3) is 3.35. The molecule has 0 unspecified atom stereocenters. The number of carbonyl (C=O) groups excluding carboxylic acids is 1. The Morgan fingerprint density at radius 3 is 2.52 bits per heavy atom. The molecule has 110 valence electrons. The molecular weight excluding hydrogens is 272 g/mol. The molecule has 0 bridgehead atoms. The van der Waals surface area contributed by atoms with E-state index in [0.29, 0.717) is 25.1 Å². The van der Waals surface area contributed by atoms with Crippen LogP contribution in [0.15, 0.2) is 35.1 Å². The summed E-state index contributed by atoms with van der Waals surface area (Å²) < 4.78 is 11.3. The Kier molecular flexibility index (Phi) is 4.84. The van der Waals surface area contributed by atoms with Crippen molar-refractivity contribution in [2.75, 3.05) is 20.8 Å². The molecule has 0 saturated carbocycles. The maximum Gasteiger partial charge on any atom is 0.277 e. The number of methoxy groups -OCH3 is 2. The molecule has 21 heavy (non-hydrogen) atoms. The molecule has 2 rings (SSSR count). The highest BCUT2D eigenvalue weighted by Gasteiger charge is 2.09. The van der Waals surface area contributed by atoms with Crippen molar-refractivity contribution < 1.29 is 14.3 Å². The van der Waals surface area contributed by atoms with E-state index in [0.717, 1.165) is 11.3 Å². The van der Waals surface area contributed by atoms with Crippen molar-refractivity contribution in [1.82, 2.24) is 9.78 Å². The van der Waals surface area contributed by atoms with Gasteiger partial charge < -0.3 is 9.47 Å². The molecule has 0 fully saturated rings. The van der Waals surface area contributed by atoms with Crippen molar-refractivity contribution >= 4 is 6.29 Å². The molecule has 0 atom stereocenters. The minimum Gasteiger partial charge on any atom is -0.497 e. The average molecular weight is 288 g/mol. The van der Waals surface area contributed by atoms with E-state index in [4.69, 9.17) is 9.47 Å². The summed E-state index contributed by atoms with van der Waals surface area (Å²) in [5.74, 6) is 0.724. The molecular formula is C15H16N2O4. The van der Waals surface area contributed by atoms with Gasteiger partial charge in [0.05, 0.1) is 31.5 Å². The predicted molar refractivity (Wildman–Crippen MR) is 77.7 cm³/mol. The zero-order valence-electron chi connectivity index (χ0n) is 11.9. The largest absolute Gasteiger partial charge is 0.497 e. The summed E-state index contributed by atoms with van der Waals surface area (Å²) in [6.07, 6.45) is 0.542. The van der Waals surface area contributed by atoms with Crippen LogP contribution in [-0.4, -0.2) is 36.9 Å². The van der Waals surface area contributed by atoms with Gasteiger partial charge >= 0.3 is 0 Å². The number of carbonyl (C=O) groups is 1. The maximum atomic E-state index is 12.0. The Labute approximate surface area is 121 Å². The van der Waals surface area contributed by atoms with Gasteiger partial charge in [-0.3, -0.25) is 9.59 Å². The van der Waals surface area contributed by atoms with Crippen LogP contribution in [0.25, 0.3) is 11.3 Å². The first-order valence-electron chi connectivity index (χ1n) is 6.40. The molecule has 1 aromatic heterocycles. The van der Waals surface area contributed by atoms with Crippen molar-refractivity contribution in [2.45, 2.75) is 6.54 Å². The maximum absolute atomic E-state index is 12.0. The molecule has 2 aromatic rings. The molecule has 6 nitrogen and oxygen atoms in total. The van der Waals surface area contributed by atoms with E-state index in [2.05, 4.69) is 5.10 Å². The van der Waals surface area contributed by atoms with Crippen LogP contribution in [0.1, 0.15) is 10.4 Å². The summed E-state index contributed by atoms with van der Waals surface area (Å²) >= 11 is 0. The van der Waals surface area contributed by atoms with Crippen molar-refractivity contribution in [3.63, 3.8) is 0 Å². The number of hydrogen-bond acceptors (Lipinski definition) is 5. The van der Waals surface area contributed by atoms with E-state index >= 15 is 0 Å². The highest BCUT2D eigenvalue weighted by Crippen LogP contribution is 2.20. The minimum absolute atomic E-state index is 0.0759. The predicted octanol–water partition coefficient (Wildman–Crippen LogP) is 1.38. The molecule has 1 heterocycles. The van der Waals surface area contributed by atoms with E-state index < -0.39 is 5.56 Å². The van der Waals surface area contributed by atoms with Gasteiger partial charge in [0.2, 0.25) is 0 Å². The Balaban J connectivity index is 2.46. The molecule has 0 amide bonds. The van der Waals surface area contributed by atoms with Crippen LogP contribution >= 0.6 is 0 Å². The molecule has 0 saturated heterocycles. The summed E-state index contributed by atoms with van der Waals surface area (Å²) in [7, 11) is 3.13. The molecule has 6 heteroatoms. The topological polar surface area (TPSA) is 70.4 Å². The lowest BCUT2D eigenvalue weighted by Crippen LogP contribution is -2.28. The number of hydrogen-bond donors (Lipinski definition) is 0. The van der Waals surface area contributed by atoms with Crippen LogP contribution in [0.5, 0.6) is 5.75 Å². The second-order valence-corrected chi connectivity index (χ2v) is 4.35. The van der Waals surface area contributed by atoms with Gasteiger partial charge in [-0.15, -0.1) is 0 Å². The van der Waals surface area contributed by atoms with E-state index in [1.54, 1.807) is 26.4 Å². The lowest BCUT2D eigenvalue weighted by atomic mass is 10.1. The van der Waals surface area contributed by atoms with Crippen molar-refractivity contribution in [2.24, 2.45) is 0 Å². The third-order valence-corrected chi connectivity index (χ3v) is 3.02. The van der Waals surface area contributed by atoms with Crippen LogP contribution in [-0.2, 0) is 11.3 Å². The summed E-state index contributed by atoms with van der Waals surface area (Å²) in [4.78, 5) is 23.0. The average Bonchev–Trinajstić information content (AvgIpc) is 2.54. The van der Waals surface area contributed by atoms with Gasteiger partial charge in [-0.2, -0.15) is 5.10 Å². The summed E-state index contributed by atoms with van der Waals surface area (Å²) in [6, 6.07) is 8.71. The van der Waals surface area contributed by atoms with Gasteiger partial charge in [0.1, 0.15) is 5.75 Å². The van der Waals surface area contributed by atoms with Gasteiger partial charge in [-0.05, 0) is 30.3 Å². The SMILES string of the molecule is COCCn1nc(-c2ccc(OC)cc2)cc(C=O)c1=O. The van der Waals surface area contributed by atoms with E-state index in [9.17, 15) is 9.59 Å². The van der Waals surface area contributed by atoms with Crippen LogP contribution in [0.2, 0.25) is 0 Å². The molecule has 0 N–H and O–H groups in total. The minimum atomic E-state index is -0.417. The Morgan fingerprint density at radius 1 is 1.24 bits per heavy atom. The zero-order valence-corrected chi connectivity index (χ0v) is 11.9. The quantitative estimate of drug-likeness (QED) is 0.751. The van der Waals surface area contributed by atoms with Gasteiger partial charge in [0, 0.05) is 12.7 Å². The lowest BCUT2D eigenvalue weighted by Gasteiger charge is -2.08. The van der Waals surface area contributed by atoms with E-state index in [-0.39, 0.29) is 5.56 Å². The smallest absolute Gasteiger partial charge is 0.277 e. The first kappa shape index (κ1) is 14.9. The Hall–Kier alpha value is -2.47. The summed E-state index contributed by atoms with van der Waals surface area (Å²) in [5, 5.41) is 4.27. The number of rotatable bonds is 6. The van der Waals surface area contributed by atoms with Crippen LogP contribution < -0.4 is 10.3 Å².